The quantitative estimate of drug-likeness (QED) is 0.680. The van der Waals surface area contributed by atoms with Gasteiger partial charge in [-0.15, -0.1) is 0 Å². The van der Waals surface area contributed by atoms with E-state index in [9.17, 15) is 9.59 Å². The predicted molar refractivity (Wildman–Crippen MR) is 75.8 cm³/mol. The maximum atomic E-state index is 12.2. The third-order valence-corrected chi connectivity index (χ3v) is 2.79. The number of pyridine rings is 1. The lowest BCUT2D eigenvalue weighted by atomic mass is 10.2. The van der Waals surface area contributed by atoms with Crippen LogP contribution in [0.25, 0.3) is 0 Å². The molecule has 0 radical (unpaired) electrons. The second-order valence-corrected chi connectivity index (χ2v) is 4.39. The molecule has 0 saturated heterocycles. The number of hydrogen-bond donors (Lipinski definition) is 0. The summed E-state index contributed by atoms with van der Waals surface area (Å²) in [6.45, 7) is 2.76. The fraction of sp³-hybridized carbons (Fsp3) is 0.467. The number of nitriles is 1. The molecule has 6 heteroatoms. The van der Waals surface area contributed by atoms with Gasteiger partial charge in [-0.05, 0) is 18.6 Å². The van der Waals surface area contributed by atoms with Crippen molar-refractivity contribution < 1.29 is 14.3 Å². The van der Waals surface area contributed by atoms with Crippen molar-refractivity contribution in [3.05, 3.63) is 30.1 Å². The van der Waals surface area contributed by atoms with E-state index >= 15 is 0 Å². The Bertz CT molecular complexity index is 497. The minimum absolute atomic E-state index is 0.0583. The second-order valence-electron chi connectivity index (χ2n) is 4.39. The molecule has 0 fully saturated rings. The monoisotopic (exact) mass is 289 g/mol. The van der Waals surface area contributed by atoms with Gasteiger partial charge in [0.15, 0.2) is 0 Å². The van der Waals surface area contributed by atoms with Crippen LogP contribution in [0.3, 0.4) is 0 Å². The first-order chi connectivity index (χ1) is 10.2. The highest BCUT2D eigenvalue weighted by Crippen LogP contribution is 2.07. The topological polar surface area (TPSA) is 83.3 Å². The fourth-order valence-electron chi connectivity index (χ4n) is 1.79. The van der Waals surface area contributed by atoms with Crippen LogP contribution in [0.2, 0.25) is 0 Å². The molecular formula is C15H19N3O3. The highest BCUT2D eigenvalue weighted by atomic mass is 16.5. The predicted octanol–water partition coefficient (Wildman–Crippen LogP) is 1.67. The molecule has 1 rings (SSSR count). The molecule has 0 aliphatic carbocycles. The zero-order valence-electron chi connectivity index (χ0n) is 12.1. The first-order valence-corrected chi connectivity index (χ1v) is 6.86. The summed E-state index contributed by atoms with van der Waals surface area (Å²) in [7, 11) is 0. The Kier molecular flexibility index (Phi) is 7.51. The van der Waals surface area contributed by atoms with E-state index in [4.69, 9.17) is 10.00 Å². The van der Waals surface area contributed by atoms with Crippen LogP contribution in [-0.4, -0.2) is 34.9 Å². The summed E-state index contributed by atoms with van der Waals surface area (Å²) in [5.74, 6) is -0.547. The normalized spacial score (nSPS) is 9.71. The molecule has 0 unspecified atom stereocenters. The summed E-state index contributed by atoms with van der Waals surface area (Å²) in [5.41, 5.74) is 0.889. The van der Waals surface area contributed by atoms with Gasteiger partial charge in [0.25, 0.3) is 0 Å². The maximum absolute atomic E-state index is 12.2. The number of carbonyl (C=O) groups excluding carboxylic acids is 2. The third-order valence-electron chi connectivity index (χ3n) is 2.79. The van der Waals surface area contributed by atoms with Crippen LogP contribution in [0.4, 0.5) is 0 Å². The van der Waals surface area contributed by atoms with Gasteiger partial charge in [-0.1, -0.05) is 6.07 Å². The Morgan fingerprint density at radius 2 is 2.24 bits per heavy atom. The largest absolute Gasteiger partial charge is 0.466 e. The molecule has 1 aromatic heterocycles. The van der Waals surface area contributed by atoms with E-state index < -0.39 is 0 Å². The molecular weight excluding hydrogens is 270 g/mol. The van der Waals surface area contributed by atoms with E-state index in [2.05, 4.69) is 4.98 Å². The summed E-state index contributed by atoms with van der Waals surface area (Å²) in [4.78, 5) is 29.0. The highest BCUT2D eigenvalue weighted by molar-refractivity contribution is 5.81. The Morgan fingerprint density at radius 3 is 2.86 bits per heavy atom. The van der Waals surface area contributed by atoms with Crippen LogP contribution in [0.1, 0.15) is 31.7 Å². The number of nitrogens with zero attached hydrogens (tertiary/aromatic N) is 3. The minimum atomic E-state index is -0.382. The van der Waals surface area contributed by atoms with Crippen molar-refractivity contribution in [2.24, 2.45) is 0 Å². The SMILES string of the molecule is CCOC(=O)CCC(=O)N(CCC#N)Cc1cccnc1. The van der Waals surface area contributed by atoms with Gasteiger partial charge in [-0.25, -0.2) is 0 Å². The lowest BCUT2D eigenvalue weighted by Crippen LogP contribution is -2.31. The summed E-state index contributed by atoms with van der Waals surface area (Å²) in [5, 5.41) is 8.68. The number of aromatic nitrogens is 1. The van der Waals surface area contributed by atoms with Crippen molar-refractivity contribution in [1.29, 1.82) is 5.26 Å². The van der Waals surface area contributed by atoms with Crippen LogP contribution in [0.5, 0.6) is 0 Å². The summed E-state index contributed by atoms with van der Waals surface area (Å²) < 4.78 is 4.80. The van der Waals surface area contributed by atoms with Crippen LogP contribution in [0.15, 0.2) is 24.5 Å². The maximum Gasteiger partial charge on any atom is 0.306 e. The first-order valence-electron chi connectivity index (χ1n) is 6.86. The second kappa shape index (κ2) is 9.48. The van der Waals surface area contributed by atoms with Crippen molar-refractivity contribution in [3.8, 4) is 6.07 Å². The number of amides is 1. The molecule has 0 atom stereocenters. The standard InChI is InChI=1S/C15H19N3O3/c1-2-21-15(20)7-6-14(19)18(10-4-8-16)12-13-5-3-9-17-11-13/h3,5,9,11H,2,4,6-7,10,12H2,1H3. The van der Waals surface area contributed by atoms with Crippen molar-refractivity contribution in [3.63, 3.8) is 0 Å². The molecule has 112 valence electrons. The van der Waals surface area contributed by atoms with Gasteiger partial charge in [0, 0.05) is 31.9 Å². The molecule has 21 heavy (non-hydrogen) atoms. The summed E-state index contributed by atoms with van der Waals surface area (Å²) in [6.07, 6.45) is 3.74. The van der Waals surface area contributed by atoms with Gasteiger partial charge in [-0.2, -0.15) is 5.26 Å². The zero-order valence-corrected chi connectivity index (χ0v) is 12.1. The van der Waals surface area contributed by atoms with Gasteiger partial charge in [0.2, 0.25) is 5.91 Å². The van der Waals surface area contributed by atoms with E-state index in [1.165, 1.54) is 0 Å². The molecule has 0 aliphatic heterocycles. The van der Waals surface area contributed by atoms with E-state index in [0.717, 1.165) is 5.56 Å². The van der Waals surface area contributed by atoms with Crippen LogP contribution in [0, 0.1) is 11.3 Å². The Morgan fingerprint density at radius 1 is 1.43 bits per heavy atom. The Labute approximate surface area is 124 Å². The molecule has 0 bridgehead atoms. The van der Waals surface area contributed by atoms with E-state index in [1.54, 1.807) is 30.3 Å². The highest BCUT2D eigenvalue weighted by Gasteiger charge is 2.15. The van der Waals surface area contributed by atoms with Crippen molar-refractivity contribution >= 4 is 11.9 Å². The smallest absolute Gasteiger partial charge is 0.306 e. The van der Waals surface area contributed by atoms with Crippen molar-refractivity contribution in [1.82, 2.24) is 9.88 Å². The molecule has 6 nitrogen and oxygen atoms in total. The number of hydrogen-bond acceptors (Lipinski definition) is 5. The molecule has 0 aromatic carbocycles. The lowest BCUT2D eigenvalue weighted by molar-refractivity contribution is -0.145. The molecule has 1 heterocycles. The van der Waals surface area contributed by atoms with E-state index in [0.29, 0.717) is 19.7 Å². The molecule has 0 saturated carbocycles. The molecule has 0 aliphatic rings. The van der Waals surface area contributed by atoms with Crippen molar-refractivity contribution in [2.75, 3.05) is 13.2 Å². The van der Waals surface area contributed by atoms with Gasteiger partial charge in [0.1, 0.15) is 0 Å². The zero-order chi connectivity index (χ0) is 15.5. The molecule has 0 N–H and O–H groups in total. The lowest BCUT2D eigenvalue weighted by Gasteiger charge is -2.21. The van der Waals surface area contributed by atoms with Crippen LogP contribution in [-0.2, 0) is 20.9 Å². The number of esters is 1. The summed E-state index contributed by atoms with van der Waals surface area (Å²) in [6, 6.07) is 5.68. The first kappa shape index (κ1) is 16.6. The molecule has 0 spiro atoms. The molecule has 1 amide bonds. The average molecular weight is 289 g/mol. The van der Waals surface area contributed by atoms with Gasteiger partial charge in [-0.3, -0.25) is 14.6 Å². The Balaban J connectivity index is 2.57. The van der Waals surface area contributed by atoms with Gasteiger partial charge < -0.3 is 9.64 Å². The van der Waals surface area contributed by atoms with E-state index in [1.807, 2.05) is 12.1 Å². The van der Waals surface area contributed by atoms with Gasteiger partial charge >= 0.3 is 5.97 Å². The number of ether oxygens (including phenoxy) is 1. The average Bonchev–Trinajstić information content (AvgIpc) is 2.50. The number of carbonyl (C=O) groups is 2. The third kappa shape index (κ3) is 6.52. The van der Waals surface area contributed by atoms with Crippen LogP contribution < -0.4 is 0 Å². The van der Waals surface area contributed by atoms with Crippen LogP contribution >= 0.6 is 0 Å². The minimum Gasteiger partial charge on any atom is -0.466 e. The summed E-state index contributed by atoms with van der Waals surface area (Å²) >= 11 is 0. The number of rotatable bonds is 8. The molecule has 1 aromatic rings. The van der Waals surface area contributed by atoms with Gasteiger partial charge in [0.05, 0.1) is 25.5 Å². The fourth-order valence-corrected chi connectivity index (χ4v) is 1.79. The van der Waals surface area contributed by atoms with Crippen molar-refractivity contribution in [2.45, 2.75) is 32.7 Å². The Hall–Kier alpha value is -2.42. The van der Waals surface area contributed by atoms with E-state index in [-0.39, 0.29) is 31.1 Å².